The van der Waals surface area contributed by atoms with Crippen molar-refractivity contribution in [3.05, 3.63) is 60.0 Å². The van der Waals surface area contributed by atoms with E-state index in [2.05, 4.69) is 21.4 Å². The number of carboxylic acid groups (broad SMARTS) is 1. The molecule has 36 heavy (non-hydrogen) atoms. The van der Waals surface area contributed by atoms with Gasteiger partial charge in [-0.05, 0) is 49.6 Å². The van der Waals surface area contributed by atoms with Gasteiger partial charge < -0.3 is 25.1 Å². The summed E-state index contributed by atoms with van der Waals surface area (Å²) in [6.45, 7) is 0. The first-order valence-corrected chi connectivity index (χ1v) is 11.4. The van der Waals surface area contributed by atoms with E-state index in [0.29, 0.717) is 11.6 Å². The number of carbonyl (C=O) groups is 2. The average molecular weight is 502 g/mol. The number of imidazole rings is 1. The summed E-state index contributed by atoms with van der Waals surface area (Å²) in [6.07, 6.45) is -1.01. The van der Waals surface area contributed by atoms with Gasteiger partial charge in [0.2, 0.25) is 0 Å². The molecule has 0 bridgehead atoms. The molecular weight excluding hydrogens is 477 g/mol. The van der Waals surface area contributed by atoms with Crippen LogP contribution in [0.1, 0.15) is 47.9 Å². The van der Waals surface area contributed by atoms with Crippen LogP contribution in [-0.4, -0.2) is 51.3 Å². The highest BCUT2D eigenvalue weighted by molar-refractivity contribution is 5.98. The molecule has 4 aromatic rings. The van der Waals surface area contributed by atoms with Gasteiger partial charge in [0.05, 0.1) is 18.1 Å². The van der Waals surface area contributed by atoms with Crippen LogP contribution >= 0.6 is 0 Å². The number of halogens is 3. The zero-order valence-electron chi connectivity index (χ0n) is 19.4. The fourth-order valence-electron chi connectivity index (χ4n) is 4.35. The molecule has 2 aromatic carbocycles. The molecule has 1 fully saturated rings. The quantitative estimate of drug-likeness (QED) is 0.308. The Morgan fingerprint density at radius 3 is 2.53 bits per heavy atom. The second-order valence-corrected chi connectivity index (χ2v) is 8.61. The van der Waals surface area contributed by atoms with Crippen molar-refractivity contribution in [2.45, 2.75) is 43.8 Å². The van der Waals surface area contributed by atoms with Crippen LogP contribution in [0.4, 0.5) is 13.2 Å². The maximum Gasteiger partial charge on any atom is 0.490 e. The van der Waals surface area contributed by atoms with E-state index in [0.717, 1.165) is 59.2 Å². The summed E-state index contributed by atoms with van der Waals surface area (Å²) < 4.78 is 37.0. The molecule has 5 rings (SSSR count). The lowest BCUT2D eigenvalue weighted by Gasteiger charge is -2.28. The molecule has 1 amide bonds. The summed E-state index contributed by atoms with van der Waals surface area (Å²) in [6, 6.07) is 15.9. The number of hydrogen-bond donors (Lipinski definition) is 4. The van der Waals surface area contributed by atoms with Gasteiger partial charge in [0.25, 0.3) is 5.91 Å². The number of carbonyl (C=O) groups excluding carboxylic acids is 1. The van der Waals surface area contributed by atoms with Crippen LogP contribution in [0.25, 0.3) is 21.9 Å². The summed E-state index contributed by atoms with van der Waals surface area (Å²) in [4.78, 5) is 33.2. The Balaban J connectivity index is 0.000000384. The zero-order valence-corrected chi connectivity index (χ0v) is 19.4. The largest absolute Gasteiger partial charge is 0.497 e. The van der Waals surface area contributed by atoms with Gasteiger partial charge in [0, 0.05) is 28.9 Å². The number of carboxylic acids is 1. The SMILES string of the molecule is COc1ccc2cc(C(=O)N[C@@H]3CCC[C@H](c4nc5ccccc5[nH]4)C3)[nH]c2c1.O=C(O)C(F)(F)F. The van der Waals surface area contributed by atoms with E-state index in [1.807, 2.05) is 42.5 Å². The second-order valence-electron chi connectivity index (χ2n) is 8.61. The van der Waals surface area contributed by atoms with Crippen molar-refractivity contribution in [1.29, 1.82) is 0 Å². The Kier molecular flexibility index (Phi) is 7.18. The van der Waals surface area contributed by atoms with Gasteiger partial charge in [-0.25, -0.2) is 9.78 Å². The van der Waals surface area contributed by atoms with Gasteiger partial charge in [-0.1, -0.05) is 18.6 Å². The van der Waals surface area contributed by atoms with Crippen LogP contribution in [0.15, 0.2) is 48.5 Å². The van der Waals surface area contributed by atoms with E-state index in [9.17, 15) is 18.0 Å². The third-order valence-corrected chi connectivity index (χ3v) is 6.12. The smallest absolute Gasteiger partial charge is 0.490 e. The van der Waals surface area contributed by atoms with Crippen molar-refractivity contribution < 1.29 is 32.6 Å². The number of methoxy groups -OCH3 is 1. The number of benzene rings is 2. The molecule has 1 aliphatic rings. The van der Waals surface area contributed by atoms with E-state index < -0.39 is 12.1 Å². The Morgan fingerprint density at radius 2 is 1.83 bits per heavy atom. The highest BCUT2D eigenvalue weighted by Gasteiger charge is 2.38. The van der Waals surface area contributed by atoms with Crippen LogP contribution in [0.3, 0.4) is 0 Å². The molecule has 0 aliphatic heterocycles. The minimum atomic E-state index is -5.08. The Morgan fingerprint density at radius 1 is 1.08 bits per heavy atom. The maximum absolute atomic E-state index is 12.8. The summed E-state index contributed by atoms with van der Waals surface area (Å²) in [5.41, 5.74) is 3.56. The first-order valence-electron chi connectivity index (χ1n) is 11.4. The lowest BCUT2D eigenvalue weighted by molar-refractivity contribution is -0.192. The summed E-state index contributed by atoms with van der Waals surface area (Å²) in [7, 11) is 1.64. The van der Waals surface area contributed by atoms with E-state index in [4.69, 9.17) is 19.6 Å². The van der Waals surface area contributed by atoms with Crippen molar-refractivity contribution in [3.8, 4) is 5.75 Å². The number of fused-ring (bicyclic) bond motifs is 2. The van der Waals surface area contributed by atoms with Crippen LogP contribution in [-0.2, 0) is 4.79 Å². The number of aromatic nitrogens is 3. The van der Waals surface area contributed by atoms with Crippen molar-refractivity contribution in [2.24, 2.45) is 0 Å². The number of hydrogen-bond acceptors (Lipinski definition) is 4. The third-order valence-electron chi connectivity index (χ3n) is 6.12. The van der Waals surface area contributed by atoms with Crippen molar-refractivity contribution >= 4 is 33.8 Å². The minimum Gasteiger partial charge on any atom is -0.497 e. The zero-order chi connectivity index (χ0) is 25.9. The number of nitrogens with one attached hydrogen (secondary N) is 3. The van der Waals surface area contributed by atoms with Gasteiger partial charge in [-0.2, -0.15) is 13.2 Å². The second kappa shape index (κ2) is 10.3. The normalized spacial score (nSPS) is 17.9. The predicted molar refractivity (Wildman–Crippen MR) is 127 cm³/mol. The molecule has 0 saturated heterocycles. The van der Waals surface area contributed by atoms with E-state index in [1.54, 1.807) is 7.11 Å². The van der Waals surface area contributed by atoms with E-state index in [1.165, 1.54) is 0 Å². The molecule has 1 aliphatic carbocycles. The highest BCUT2D eigenvalue weighted by atomic mass is 19.4. The molecule has 2 heterocycles. The lowest BCUT2D eigenvalue weighted by Crippen LogP contribution is -2.38. The Hall–Kier alpha value is -4.02. The number of ether oxygens (including phenoxy) is 1. The standard InChI is InChI=1S/C23H24N4O2.C2HF3O2/c1-29-17-10-9-14-12-21(25-20(14)13-17)23(28)24-16-6-4-5-15(11-16)22-26-18-7-2-3-8-19(18)27-22;3-2(4,5)1(6)7/h2-3,7-10,12-13,15-16,25H,4-6,11H2,1H3,(H,24,28)(H,26,27);(H,6,7)/t15-,16+;/m0./s1. The molecule has 8 nitrogen and oxygen atoms in total. The number of aliphatic carboxylic acids is 1. The molecule has 190 valence electrons. The fraction of sp³-hybridized carbons (Fsp3) is 0.320. The first kappa shape index (κ1) is 25.1. The van der Waals surface area contributed by atoms with Gasteiger partial charge in [-0.15, -0.1) is 0 Å². The first-order chi connectivity index (χ1) is 17.1. The number of aromatic amines is 2. The fourth-order valence-corrected chi connectivity index (χ4v) is 4.35. The Labute approximate surface area is 203 Å². The molecule has 0 spiro atoms. The minimum absolute atomic E-state index is 0.0598. The van der Waals surface area contributed by atoms with Crippen LogP contribution < -0.4 is 10.1 Å². The number of alkyl halides is 3. The van der Waals surface area contributed by atoms with Crippen molar-refractivity contribution in [2.75, 3.05) is 7.11 Å². The summed E-state index contributed by atoms with van der Waals surface area (Å²) in [5.74, 6) is -0.675. The number of H-pyrrole nitrogens is 2. The molecule has 1 saturated carbocycles. The van der Waals surface area contributed by atoms with Crippen LogP contribution in [0.5, 0.6) is 5.75 Å². The lowest BCUT2D eigenvalue weighted by atomic mass is 9.85. The number of amides is 1. The molecule has 2 aromatic heterocycles. The van der Waals surface area contributed by atoms with Crippen molar-refractivity contribution in [3.63, 3.8) is 0 Å². The van der Waals surface area contributed by atoms with Gasteiger partial charge >= 0.3 is 12.1 Å². The average Bonchev–Trinajstić information content (AvgIpc) is 3.48. The van der Waals surface area contributed by atoms with Crippen LogP contribution in [0, 0.1) is 0 Å². The predicted octanol–water partition coefficient (Wildman–Crippen LogP) is 5.14. The maximum atomic E-state index is 12.8. The molecule has 11 heteroatoms. The van der Waals surface area contributed by atoms with E-state index in [-0.39, 0.29) is 11.9 Å². The number of para-hydroxylation sites is 2. The monoisotopic (exact) mass is 502 g/mol. The number of nitrogens with zero attached hydrogens (tertiary/aromatic N) is 1. The van der Waals surface area contributed by atoms with Gasteiger partial charge in [-0.3, -0.25) is 4.79 Å². The summed E-state index contributed by atoms with van der Waals surface area (Å²) in [5, 5.41) is 11.3. The van der Waals surface area contributed by atoms with Crippen LogP contribution in [0.2, 0.25) is 0 Å². The highest BCUT2D eigenvalue weighted by Crippen LogP contribution is 2.32. The molecule has 0 unspecified atom stereocenters. The summed E-state index contributed by atoms with van der Waals surface area (Å²) >= 11 is 0. The Bertz CT molecular complexity index is 1350. The topological polar surface area (TPSA) is 120 Å². The van der Waals surface area contributed by atoms with Gasteiger partial charge in [0.15, 0.2) is 0 Å². The third kappa shape index (κ3) is 5.78. The van der Waals surface area contributed by atoms with Gasteiger partial charge in [0.1, 0.15) is 17.3 Å². The molecule has 2 atom stereocenters. The molecular formula is C25H25F3N4O4. The molecule has 0 radical (unpaired) electrons. The van der Waals surface area contributed by atoms with E-state index >= 15 is 0 Å². The van der Waals surface area contributed by atoms with Crippen molar-refractivity contribution in [1.82, 2.24) is 20.3 Å². The number of rotatable bonds is 4. The molecule has 4 N–H and O–H groups in total.